The van der Waals surface area contributed by atoms with E-state index in [1.54, 1.807) is 35.9 Å². The minimum Gasteiger partial charge on any atom is -0.497 e. The summed E-state index contributed by atoms with van der Waals surface area (Å²) in [4.78, 5) is 0.418. The van der Waals surface area contributed by atoms with E-state index < -0.39 is 11.7 Å². The minimum absolute atomic E-state index is 0.339. The normalized spacial score (nSPS) is 12.3. The van der Waals surface area contributed by atoms with Crippen molar-refractivity contribution in [1.29, 1.82) is 0 Å². The predicted molar refractivity (Wildman–Crippen MR) is 127 cm³/mol. The quantitative estimate of drug-likeness (QED) is 0.243. The molecule has 1 aromatic heterocycles. The molecule has 0 radical (unpaired) electrons. The predicted octanol–water partition coefficient (Wildman–Crippen LogP) is 6.18. The van der Waals surface area contributed by atoms with E-state index in [0.717, 1.165) is 17.7 Å². The van der Waals surface area contributed by atoms with Gasteiger partial charge in [-0.15, -0.1) is 16.4 Å². The number of halogens is 3. The van der Waals surface area contributed by atoms with Gasteiger partial charge in [0.2, 0.25) is 4.80 Å². The highest BCUT2D eigenvalue weighted by molar-refractivity contribution is 7.07. The van der Waals surface area contributed by atoms with Crippen LogP contribution in [0.5, 0.6) is 11.5 Å². The second-order valence-electron chi connectivity index (χ2n) is 7.11. The first-order valence-corrected chi connectivity index (χ1v) is 11.0. The van der Waals surface area contributed by atoms with Crippen LogP contribution in [0.3, 0.4) is 0 Å². The molecule has 5 nitrogen and oxygen atoms in total. The Kier molecular flexibility index (Phi) is 6.83. The number of aromatic nitrogens is 1. The Balaban J connectivity index is 1.82. The number of hydrogen-bond donors (Lipinski definition) is 0. The second kappa shape index (κ2) is 9.96. The average Bonchev–Trinajstić information content (AvgIpc) is 3.28. The fourth-order valence-electron chi connectivity index (χ4n) is 3.33. The maximum absolute atomic E-state index is 13.4. The summed E-state index contributed by atoms with van der Waals surface area (Å²) in [7, 11) is 3.10. The maximum atomic E-state index is 13.4. The van der Waals surface area contributed by atoms with Gasteiger partial charge in [-0.2, -0.15) is 18.3 Å². The number of methoxy groups -OCH3 is 2. The first kappa shape index (κ1) is 23.3. The van der Waals surface area contributed by atoms with Gasteiger partial charge in [0.05, 0.1) is 31.7 Å². The largest absolute Gasteiger partial charge is 0.497 e. The highest BCUT2D eigenvalue weighted by atomic mass is 32.1. The molecule has 0 unspecified atom stereocenters. The fourth-order valence-corrected chi connectivity index (χ4v) is 4.19. The van der Waals surface area contributed by atoms with Crippen LogP contribution in [0.1, 0.15) is 11.1 Å². The molecule has 34 heavy (non-hydrogen) atoms. The molecule has 0 saturated carbocycles. The molecule has 1 heterocycles. The lowest BCUT2D eigenvalue weighted by molar-refractivity contribution is -0.137. The van der Waals surface area contributed by atoms with Gasteiger partial charge in [-0.1, -0.05) is 36.4 Å². The Bertz CT molecular complexity index is 1380. The number of nitrogens with zero attached hydrogens (tertiary/aromatic N) is 3. The number of hydrogen-bond acceptors (Lipinski definition) is 5. The van der Waals surface area contributed by atoms with Gasteiger partial charge in [0.15, 0.2) is 0 Å². The van der Waals surface area contributed by atoms with E-state index >= 15 is 0 Å². The van der Waals surface area contributed by atoms with Crippen LogP contribution in [-0.2, 0) is 6.18 Å². The molecular weight excluding hydrogens is 463 g/mol. The summed E-state index contributed by atoms with van der Waals surface area (Å²) in [6.07, 6.45) is -2.93. The molecule has 0 fully saturated rings. The van der Waals surface area contributed by atoms with Crippen LogP contribution in [-0.4, -0.2) is 25.0 Å². The number of ether oxygens (including phenoxy) is 2. The summed E-state index contributed by atoms with van der Waals surface area (Å²) in [6, 6.07) is 19.8. The van der Waals surface area contributed by atoms with Crippen LogP contribution in [0.2, 0.25) is 0 Å². The van der Waals surface area contributed by atoms with Gasteiger partial charge in [0, 0.05) is 22.7 Å². The third-order valence-electron chi connectivity index (χ3n) is 4.99. The summed E-state index contributed by atoms with van der Waals surface area (Å²) >= 11 is 1.28. The van der Waals surface area contributed by atoms with Crippen molar-refractivity contribution in [2.45, 2.75) is 6.18 Å². The molecule has 9 heteroatoms. The summed E-state index contributed by atoms with van der Waals surface area (Å²) in [5, 5.41) is 10.3. The van der Waals surface area contributed by atoms with Crippen molar-refractivity contribution in [3.05, 3.63) is 94.1 Å². The van der Waals surface area contributed by atoms with Crippen LogP contribution in [0.4, 0.5) is 13.2 Å². The van der Waals surface area contributed by atoms with E-state index in [2.05, 4.69) is 10.2 Å². The van der Waals surface area contributed by atoms with Gasteiger partial charge in [-0.05, 0) is 35.9 Å². The zero-order valence-corrected chi connectivity index (χ0v) is 19.1. The number of rotatable bonds is 6. The molecule has 4 aromatic rings. The van der Waals surface area contributed by atoms with E-state index in [1.165, 1.54) is 30.7 Å². The van der Waals surface area contributed by atoms with E-state index in [9.17, 15) is 13.2 Å². The van der Waals surface area contributed by atoms with Crippen LogP contribution < -0.4 is 14.3 Å². The highest BCUT2D eigenvalue weighted by Crippen LogP contribution is 2.31. The topological polar surface area (TPSA) is 48.1 Å². The molecule has 0 amide bonds. The SMILES string of the molecule is COc1ccc(C=NN=c2scc(-c3ccccc3)n2-c2cccc(C(F)(F)F)c2)c(OC)c1. The van der Waals surface area contributed by atoms with Crippen LogP contribution in [0, 0.1) is 0 Å². The van der Waals surface area contributed by atoms with Crippen molar-refractivity contribution < 1.29 is 22.6 Å². The first-order chi connectivity index (χ1) is 16.4. The van der Waals surface area contributed by atoms with Gasteiger partial charge in [0.25, 0.3) is 0 Å². The summed E-state index contributed by atoms with van der Waals surface area (Å²) in [5.41, 5.74) is 1.84. The summed E-state index contributed by atoms with van der Waals surface area (Å²) in [5.74, 6) is 1.19. The standard InChI is InChI=1S/C25H20F3N3O2S/c1-32-21-12-11-18(23(14-21)33-2)15-29-30-24-31(20-10-6-9-19(13-20)25(26,27)28)22(16-34-24)17-7-4-3-5-8-17/h3-16H,1-2H3. The van der Waals surface area contributed by atoms with Gasteiger partial charge >= 0.3 is 6.18 Å². The number of alkyl halides is 3. The molecule has 0 aliphatic rings. The monoisotopic (exact) mass is 483 g/mol. The highest BCUT2D eigenvalue weighted by Gasteiger charge is 2.30. The minimum atomic E-state index is -4.46. The number of benzene rings is 3. The van der Waals surface area contributed by atoms with Gasteiger partial charge < -0.3 is 9.47 Å². The fraction of sp³-hybridized carbons (Fsp3) is 0.120. The smallest absolute Gasteiger partial charge is 0.416 e. The Morgan fingerprint density at radius 3 is 2.41 bits per heavy atom. The first-order valence-electron chi connectivity index (χ1n) is 10.1. The molecular formula is C25H20F3N3O2S. The molecule has 0 N–H and O–H groups in total. The van der Waals surface area contributed by atoms with E-state index in [4.69, 9.17) is 9.47 Å². The number of thiazole rings is 1. The Labute approximate surface area is 198 Å². The Morgan fingerprint density at radius 1 is 0.912 bits per heavy atom. The molecule has 174 valence electrons. The van der Waals surface area contributed by atoms with Crippen molar-refractivity contribution in [2.75, 3.05) is 14.2 Å². The molecule has 0 bridgehead atoms. The molecule has 0 spiro atoms. The average molecular weight is 484 g/mol. The molecule has 0 saturated heterocycles. The van der Waals surface area contributed by atoms with Gasteiger partial charge in [-0.25, -0.2) is 0 Å². The van der Waals surface area contributed by atoms with Gasteiger partial charge in [-0.3, -0.25) is 4.57 Å². The zero-order valence-electron chi connectivity index (χ0n) is 18.3. The zero-order chi connectivity index (χ0) is 24.1. The van der Waals surface area contributed by atoms with E-state index in [0.29, 0.717) is 33.2 Å². The Morgan fingerprint density at radius 2 is 1.71 bits per heavy atom. The van der Waals surface area contributed by atoms with Crippen LogP contribution in [0.15, 0.2) is 88.4 Å². The van der Waals surface area contributed by atoms with Crippen molar-refractivity contribution >= 4 is 17.6 Å². The van der Waals surface area contributed by atoms with Gasteiger partial charge in [0.1, 0.15) is 11.5 Å². The lowest BCUT2D eigenvalue weighted by Gasteiger charge is -2.12. The van der Waals surface area contributed by atoms with Crippen molar-refractivity contribution in [2.24, 2.45) is 10.2 Å². The van der Waals surface area contributed by atoms with Crippen molar-refractivity contribution in [1.82, 2.24) is 4.57 Å². The van der Waals surface area contributed by atoms with Crippen LogP contribution >= 0.6 is 11.3 Å². The van der Waals surface area contributed by atoms with Crippen LogP contribution in [0.25, 0.3) is 16.9 Å². The van der Waals surface area contributed by atoms with Crippen molar-refractivity contribution in [3.8, 4) is 28.4 Å². The summed E-state index contributed by atoms with van der Waals surface area (Å²) in [6.45, 7) is 0. The lowest BCUT2D eigenvalue weighted by Crippen LogP contribution is -2.15. The molecule has 3 aromatic carbocycles. The molecule has 0 atom stereocenters. The summed E-state index contributed by atoms with van der Waals surface area (Å²) < 4.78 is 52.4. The maximum Gasteiger partial charge on any atom is 0.416 e. The van der Waals surface area contributed by atoms with E-state index in [-0.39, 0.29) is 0 Å². The molecule has 0 aliphatic heterocycles. The van der Waals surface area contributed by atoms with Crippen molar-refractivity contribution in [3.63, 3.8) is 0 Å². The lowest BCUT2D eigenvalue weighted by atomic mass is 10.1. The second-order valence-corrected chi connectivity index (χ2v) is 7.94. The third kappa shape index (κ3) is 5.04. The third-order valence-corrected chi connectivity index (χ3v) is 5.81. The molecule has 4 rings (SSSR count). The van der Waals surface area contributed by atoms with E-state index in [1.807, 2.05) is 35.7 Å². The Hall–Kier alpha value is -3.85. The molecule has 0 aliphatic carbocycles.